The molecule has 0 saturated carbocycles. The maximum Gasteiger partial charge on any atom is 0.255 e. The van der Waals surface area contributed by atoms with Crippen molar-refractivity contribution in [3.05, 3.63) is 68.4 Å². The molecule has 2 aromatic rings. The van der Waals surface area contributed by atoms with Crippen LogP contribution in [0.3, 0.4) is 0 Å². The molecule has 0 radical (unpaired) electrons. The van der Waals surface area contributed by atoms with E-state index in [1.807, 2.05) is 30.3 Å². The Balaban J connectivity index is 2.17. The van der Waals surface area contributed by atoms with Gasteiger partial charge in [-0.25, -0.2) is 8.42 Å². The standard InChI is InChI=1S/C14H11Br2NO2S/c15-12-6-7-14(13(16)10-12)17-20(18,19)9-8-11-4-2-1-3-5-11/h1-10,17H/b9-8+. The first-order chi connectivity index (χ1) is 9.46. The van der Waals surface area contributed by atoms with Gasteiger partial charge in [0.1, 0.15) is 0 Å². The molecule has 6 heteroatoms. The van der Waals surface area contributed by atoms with Gasteiger partial charge in [-0.15, -0.1) is 0 Å². The van der Waals surface area contributed by atoms with Gasteiger partial charge < -0.3 is 0 Å². The van der Waals surface area contributed by atoms with Crippen molar-refractivity contribution in [1.82, 2.24) is 0 Å². The predicted molar refractivity (Wildman–Crippen MR) is 89.9 cm³/mol. The van der Waals surface area contributed by atoms with Crippen molar-refractivity contribution >= 4 is 53.6 Å². The highest BCUT2D eigenvalue weighted by molar-refractivity contribution is 9.11. The Morgan fingerprint density at radius 2 is 1.70 bits per heavy atom. The van der Waals surface area contributed by atoms with Crippen molar-refractivity contribution in [2.45, 2.75) is 0 Å². The lowest BCUT2D eigenvalue weighted by Crippen LogP contribution is -2.09. The minimum Gasteiger partial charge on any atom is -0.279 e. The number of rotatable bonds is 4. The van der Waals surface area contributed by atoms with E-state index in [-0.39, 0.29) is 0 Å². The fourth-order valence-electron chi connectivity index (χ4n) is 1.49. The Hall–Kier alpha value is -1.11. The highest BCUT2D eigenvalue weighted by Crippen LogP contribution is 2.27. The third-order valence-corrected chi connectivity index (χ3v) is 4.57. The van der Waals surface area contributed by atoms with Crippen molar-refractivity contribution < 1.29 is 8.42 Å². The molecule has 1 N–H and O–H groups in total. The molecular weight excluding hydrogens is 406 g/mol. The van der Waals surface area contributed by atoms with Crippen LogP contribution in [-0.2, 0) is 10.0 Å². The minimum absolute atomic E-state index is 0.492. The van der Waals surface area contributed by atoms with Gasteiger partial charge in [0.15, 0.2) is 0 Å². The van der Waals surface area contributed by atoms with Crippen molar-refractivity contribution in [2.75, 3.05) is 4.72 Å². The van der Waals surface area contributed by atoms with E-state index in [1.165, 1.54) is 0 Å². The number of nitrogens with one attached hydrogen (secondary N) is 1. The zero-order valence-corrected chi connectivity index (χ0v) is 14.2. The van der Waals surface area contributed by atoms with Crippen LogP contribution < -0.4 is 4.72 Å². The second kappa shape index (κ2) is 6.56. The van der Waals surface area contributed by atoms with Crippen LogP contribution in [0, 0.1) is 0 Å². The molecular formula is C14H11Br2NO2S. The first-order valence-electron chi connectivity index (χ1n) is 5.67. The molecule has 0 aliphatic heterocycles. The zero-order chi connectivity index (χ0) is 14.6. The second-order valence-electron chi connectivity index (χ2n) is 3.98. The predicted octanol–water partition coefficient (Wildman–Crippen LogP) is 4.62. The van der Waals surface area contributed by atoms with Gasteiger partial charge in [0, 0.05) is 8.95 Å². The summed E-state index contributed by atoms with van der Waals surface area (Å²) in [5.74, 6) is 0. The molecule has 0 fully saturated rings. The Morgan fingerprint density at radius 3 is 2.35 bits per heavy atom. The molecule has 2 rings (SSSR count). The number of hydrogen-bond acceptors (Lipinski definition) is 2. The topological polar surface area (TPSA) is 46.2 Å². The van der Waals surface area contributed by atoms with Crippen LogP contribution in [0.2, 0.25) is 0 Å². The molecule has 0 unspecified atom stereocenters. The summed E-state index contributed by atoms with van der Waals surface area (Å²) in [5, 5.41) is 1.15. The van der Waals surface area contributed by atoms with Gasteiger partial charge in [-0.3, -0.25) is 4.72 Å². The first-order valence-corrected chi connectivity index (χ1v) is 8.80. The maximum atomic E-state index is 12.0. The minimum atomic E-state index is -3.54. The smallest absolute Gasteiger partial charge is 0.255 e. The Morgan fingerprint density at radius 1 is 1.00 bits per heavy atom. The van der Waals surface area contributed by atoms with E-state index >= 15 is 0 Å². The first kappa shape index (κ1) is 15.3. The van der Waals surface area contributed by atoms with Gasteiger partial charge >= 0.3 is 0 Å². The molecule has 0 saturated heterocycles. The summed E-state index contributed by atoms with van der Waals surface area (Å²) in [4.78, 5) is 0. The lowest BCUT2D eigenvalue weighted by atomic mass is 10.2. The van der Waals surface area contributed by atoms with Crippen molar-refractivity contribution in [2.24, 2.45) is 0 Å². The van der Waals surface area contributed by atoms with Gasteiger partial charge in [-0.05, 0) is 45.8 Å². The highest BCUT2D eigenvalue weighted by atomic mass is 79.9. The summed E-state index contributed by atoms with van der Waals surface area (Å²) in [5.41, 5.74) is 1.32. The van der Waals surface area contributed by atoms with E-state index in [2.05, 4.69) is 36.6 Å². The number of halogens is 2. The Bertz CT molecular complexity index is 728. The summed E-state index contributed by atoms with van der Waals surface area (Å²) in [6.45, 7) is 0. The van der Waals surface area contributed by atoms with Crippen LogP contribution in [0.15, 0.2) is 62.9 Å². The van der Waals surface area contributed by atoms with E-state index < -0.39 is 10.0 Å². The molecule has 0 atom stereocenters. The molecule has 0 heterocycles. The van der Waals surface area contributed by atoms with E-state index in [4.69, 9.17) is 0 Å². The van der Waals surface area contributed by atoms with Crippen LogP contribution in [0.1, 0.15) is 5.56 Å². The van der Waals surface area contributed by atoms with Gasteiger partial charge in [0.05, 0.1) is 11.1 Å². The average molecular weight is 417 g/mol. The van der Waals surface area contributed by atoms with Crippen molar-refractivity contribution in [3.63, 3.8) is 0 Å². The summed E-state index contributed by atoms with van der Waals surface area (Å²) in [6.07, 6.45) is 1.55. The van der Waals surface area contributed by atoms with E-state index in [0.29, 0.717) is 10.2 Å². The van der Waals surface area contributed by atoms with E-state index in [9.17, 15) is 8.42 Å². The van der Waals surface area contributed by atoms with E-state index in [0.717, 1.165) is 15.4 Å². The Kier molecular flexibility index (Phi) is 5.01. The van der Waals surface area contributed by atoms with Crippen LogP contribution in [0.25, 0.3) is 6.08 Å². The van der Waals surface area contributed by atoms with Crippen LogP contribution >= 0.6 is 31.9 Å². The largest absolute Gasteiger partial charge is 0.279 e. The molecule has 104 valence electrons. The molecule has 0 spiro atoms. The SMILES string of the molecule is O=S(=O)(/C=C/c1ccccc1)Nc1ccc(Br)cc1Br. The number of sulfonamides is 1. The molecule has 0 aromatic heterocycles. The molecule has 20 heavy (non-hydrogen) atoms. The number of hydrogen-bond donors (Lipinski definition) is 1. The lowest BCUT2D eigenvalue weighted by Gasteiger charge is -2.07. The van der Waals surface area contributed by atoms with Crippen LogP contribution in [0.5, 0.6) is 0 Å². The maximum absolute atomic E-state index is 12.0. The molecule has 2 aromatic carbocycles. The van der Waals surface area contributed by atoms with Crippen LogP contribution in [0.4, 0.5) is 5.69 Å². The quantitative estimate of drug-likeness (QED) is 0.789. The summed E-state index contributed by atoms with van der Waals surface area (Å²) in [6, 6.07) is 14.5. The Labute approximate surface area is 135 Å². The molecule has 0 amide bonds. The lowest BCUT2D eigenvalue weighted by molar-refractivity contribution is 0.609. The normalized spacial score (nSPS) is 11.7. The molecule has 0 aliphatic carbocycles. The van der Waals surface area contributed by atoms with Gasteiger partial charge in [0.25, 0.3) is 10.0 Å². The number of benzene rings is 2. The third-order valence-electron chi connectivity index (χ3n) is 2.42. The monoisotopic (exact) mass is 415 g/mol. The molecule has 0 bridgehead atoms. The molecule has 3 nitrogen and oxygen atoms in total. The number of anilines is 1. The summed E-state index contributed by atoms with van der Waals surface area (Å²) in [7, 11) is -3.54. The average Bonchev–Trinajstić information content (AvgIpc) is 2.41. The van der Waals surface area contributed by atoms with Crippen molar-refractivity contribution in [1.29, 1.82) is 0 Å². The van der Waals surface area contributed by atoms with Gasteiger partial charge in [-0.2, -0.15) is 0 Å². The van der Waals surface area contributed by atoms with Gasteiger partial charge in [-0.1, -0.05) is 46.3 Å². The molecule has 0 aliphatic rings. The fraction of sp³-hybridized carbons (Fsp3) is 0. The van der Waals surface area contributed by atoms with E-state index in [1.54, 1.807) is 24.3 Å². The zero-order valence-electron chi connectivity index (χ0n) is 10.3. The third kappa shape index (κ3) is 4.47. The summed E-state index contributed by atoms with van der Waals surface area (Å²) >= 11 is 6.63. The van der Waals surface area contributed by atoms with Gasteiger partial charge in [0.2, 0.25) is 0 Å². The van der Waals surface area contributed by atoms with Crippen molar-refractivity contribution in [3.8, 4) is 0 Å². The summed E-state index contributed by atoms with van der Waals surface area (Å²) < 4.78 is 28.0. The second-order valence-corrected chi connectivity index (χ2v) is 7.32. The fourth-order valence-corrected chi connectivity index (χ4v) is 3.66. The van der Waals surface area contributed by atoms with Crippen LogP contribution in [-0.4, -0.2) is 8.42 Å². The highest BCUT2D eigenvalue weighted by Gasteiger charge is 2.08.